The zero-order valence-electron chi connectivity index (χ0n) is 9.91. The molecule has 1 N–H and O–H groups in total. The molecule has 2 heterocycles. The fraction of sp³-hybridized carbons (Fsp3) is 0.636. The molecule has 16 heavy (non-hydrogen) atoms. The van der Waals surface area contributed by atoms with Gasteiger partial charge in [-0.3, -0.25) is 4.99 Å². The van der Waals surface area contributed by atoms with Crippen LogP contribution >= 0.6 is 11.8 Å². The molecule has 0 radical (unpaired) electrons. The Hall–Kier alpha value is -0.970. The van der Waals surface area contributed by atoms with Gasteiger partial charge in [-0.25, -0.2) is 0 Å². The first-order valence-electron chi connectivity index (χ1n) is 5.38. The van der Waals surface area contributed by atoms with E-state index < -0.39 is 0 Å². The van der Waals surface area contributed by atoms with E-state index in [1.807, 2.05) is 13.0 Å². The summed E-state index contributed by atoms with van der Waals surface area (Å²) in [5.74, 6) is 1.96. The average Bonchev–Trinajstić information content (AvgIpc) is 2.63. The molecule has 1 aliphatic heterocycles. The van der Waals surface area contributed by atoms with E-state index in [0.717, 1.165) is 28.9 Å². The molecule has 1 aromatic heterocycles. The molecule has 1 aliphatic rings. The molecule has 88 valence electrons. The number of rotatable bonds is 2. The van der Waals surface area contributed by atoms with E-state index in [0.29, 0.717) is 12.0 Å². The van der Waals surface area contributed by atoms with Crippen molar-refractivity contribution in [2.45, 2.75) is 27.3 Å². The van der Waals surface area contributed by atoms with Crippen LogP contribution in [-0.2, 0) is 6.54 Å². The monoisotopic (exact) mass is 239 g/mol. The third-order valence-electron chi connectivity index (χ3n) is 2.34. The van der Waals surface area contributed by atoms with Crippen molar-refractivity contribution < 1.29 is 4.52 Å². The van der Waals surface area contributed by atoms with Crippen molar-refractivity contribution in [1.29, 1.82) is 0 Å². The molecule has 0 amide bonds. The molecule has 0 saturated heterocycles. The predicted octanol–water partition coefficient (Wildman–Crippen LogP) is 2.20. The summed E-state index contributed by atoms with van der Waals surface area (Å²) in [7, 11) is 0. The van der Waals surface area contributed by atoms with Crippen molar-refractivity contribution >= 4 is 16.9 Å². The molecule has 0 unspecified atom stereocenters. The van der Waals surface area contributed by atoms with Crippen LogP contribution in [0.4, 0.5) is 0 Å². The van der Waals surface area contributed by atoms with Crippen molar-refractivity contribution in [2.24, 2.45) is 10.4 Å². The smallest absolute Gasteiger partial charge is 0.156 e. The molecule has 0 spiro atoms. The highest BCUT2D eigenvalue weighted by atomic mass is 32.2. The number of amidine groups is 1. The fourth-order valence-corrected chi connectivity index (χ4v) is 2.36. The van der Waals surface area contributed by atoms with E-state index in [4.69, 9.17) is 4.52 Å². The summed E-state index contributed by atoms with van der Waals surface area (Å²) < 4.78 is 5.12. The quantitative estimate of drug-likeness (QED) is 0.859. The molecular formula is C11H17N3OS. The van der Waals surface area contributed by atoms with Crippen molar-refractivity contribution in [1.82, 2.24) is 10.5 Å². The van der Waals surface area contributed by atoms with Crippen molar-refractivity contribution in [3.05, 3.63) is 17.5 Å². The Morgan fingerprint density at radius 3 is 2.94 bits per heavy atom. The van der Waals surface area contributed by atoms with E-state index in [1.54, 1.807) is 11.8 Å². The summed E-state index contributed by atoms with van der Waals surface area (Å²) in [5, 5.41) is 8.12. The zero-order chi connectivity index (χ0) is 11.6. The fourth-order valence-electron chi connectivity index (χ4n) is 1.41. The van der Waals surface area contributed by atoms with Gasteiger partial charge in [0.1, 0.15) is 0 Å². The summed E-state index contributed by atoms with van der Waals surface area (Å²) in [4.78, 5) is 4.51. The van der Waals surface area contributed by atoms with Gasteiger partial charge in [0.25, 0.3) is 0 Å². The number of aromatic nitrogens is 1. The van der Waals surface area contributed by atoms with Gasteiger partial charge in [-0.1, -0.05) is 30.8 Å². The molecule has 0 fully saturated rings. The van der Waals surface area contributed by atoms with Crippen molar-refractivity contribution in [3.63, 3.8) is 0 Å². The van der Waals surface area contributed by atoms with E-state index in [-0.39, 0.29) is 0 Å². The SMILES string of the molecule is Cc1cc(CNC2=NCC(C)(C)CS2)on1. The van der Waals surface area contributed by atoms with Gasteiger partial charge in [-0.15, -0.1) is 0 Å². The van der Waals surface area contributed by atoms with Gasteiger partial charge in [0.15, 0.2) is 10.9 Å². The van der Waals surface area contributed by atoms with E-state index in [2.05, 4.69) is 29.3 Å². The lowest BCUT2D eigenvalue weighted by molar-refractivity contribution is 0.377. The van der Waals surface area contributed by atoms with Gasteiger partial charge >= 0.3 is 0 Å². The molecule has 0 aromatic carbocycles. The summed E-state index contributed by atoms with van der Waals surface area (Å²) in [6.07, 6.45) is 0. The average molecular weight is 239 g/mol. The molecule has 2 rings (SSSR count). The minimum Gasteiger partial charge on any atom is -0.359 e. The summed E-state index contributed by atoms with van der Waals surface area (Å²) in [5.41, 5.74) is 1.23. The molecule has 0 saturated carbocycles. The van der Waals surface area contributed by atoms with Gasteiger partial charge in [0.05, 0.1) is 12.2 Å². The molecule has 5 heteroatoms. The Morgan fingerprint density at radius 1 is 1.56 bits per heavy atom. The van der Waals surface area contributed by atoms with Crippen LogP contribution in [0.1, 0.15) is 25.3 Å². The van der Waals surface area contributed by atoms with Gasteiger partial charge in [-0.05, 0) is 12.3 Å². The minimum absolute atomic E-state index is 0.318. The lowest BCUT2D eigenvalue weighted by atomic mass is 9.97. The second-order valence-corrected chi connectivity index (χ2v) is 5.83. The van der Waals surface area contributed by atoms with Crippen LogP contribution in [0.5, 0.6) is 0 Å². The largest absolute Gasteiger partial charge is 0.359 e. The first-order chi connectivity index (χ1) is 7.55. The highest BCUT2D eigenvalue weighted by Crippen LogP contribution is 2.27. The first kappa shape index (κ1) is 11.5. The number of nitrogens with one attached hydrogen (secondary N) is 1. The third-order valence-corrected chi connectivity index (χ3v) is 3.81. The Kier molecular flexibility index (Phi) is 3.23. The van der Waals surface area contributed by atoms with Gasteiger partial charge in [0.2, 0.25) is 0 Å². The standard InChI is InChI=1S/C11H17N3OS/c1-8-4-9(15-14-8)5-12-10-13-6-11(2,3)7-16-10/h4H,5-7H2,1-3H3,(H,12,13). The highest BCUT2D eigenvalue weighted by Gasteiger charge is 2.23. The predicted molar refractivity (Wildman–Crippen MR) is 66.6 cm³/mol. The summed E-state index contributed by atoms with van der Waals surface area (Å²) in [6.45, 7) is 7.94. The third kappa shape index (κ3) is 3.01. The molecule has 0 aliphatic carbocycles. The van der Waals surface area contributed by atoms with E-state index in [9.17, 15) is 0 Å². The van der Waals surface area contributed by atoms with Gasteiger partial charge in [0, 0.05) is 18.4 Å². The Morgan fingerprint density at radius 2 is 2.38 bits per heavy atom. The van der Waals surface area contributed by atoms with Gasteiger partial charge in [-0.2, -0.15) is 0 Å². The van der Waals surface area contributed by atoms with E-state index in [1.165, 1.54) is 0 Å². The molecular weight excluding hydrogens is 222 g/mol. The Labute approximate surface area is 99.9 Å². The van der Waals surface area contributed by atoms with Crippen LogP contribution in [-0.4, -0.2) is 22.6 Å². The number of hydrogen-bond donors (Lipinski definition) is 1. The number of nitrogens with zero attached hydrogens (tertiary/aromatic N) is 2. The van der Waals surface area contributed by atoms with Crippen LogP contribution in [0.3, 0.4) is 0 Å². The van der Waals surface area contributed by atoms with E-state index >= 15 is 0 Å². The number of hydrogen-bond acceptors (Lipinski definition) is 5. The first-order valence-corrected chi connectivity index (χ1v) is 6.37. The van der Waals surface area contributed by atoms with Crippen molar-refractivity contribution in [3.8, 4) is 0 Å². The number of thioether (sulfide) groups is 1. The Balaban J connectivity index is 1.85. The number of aliphatic imine (C=N–C) groups is 1. The summed E-state index contributed by atoms with van der Waals surface area (Å²) >= 11 is 1.77. The molecule has 0 bridgehead atoms. The van der Waals surface area contributed by atoms with Crippen LogP contribution in [0.15, 0.2) is 15.6 Å². The maximum atomic E-state index is 5.12. The Bertz CT molecular complexity index is 398. The maximum Gasteiger partial charge on any atom is 0.156 e. The van der Waals surface area contributed by atoms with Crippen molar-refractivity contribution in [2.75, 3.05) is 12.3 Å². The minimum atomic E-state index is 0.318. The second-order valence-electron chi connectivity index (χ2n) is 4.86. The van der Waals surface area contributed by atoms with Crippen LogP contribution in [0.25, 0.3) is 0 Å². The maximum absolute atomic E-state index is 5.12. The zero-order valence-corrected chi connectivity index (χ0v) is 10.7. The molecule has 0 atom stereocenters. The normalized spacial score (nSPS) is 19.3. The molecule has 1 aromatic rings. The molecule has 4 nitrogen and oxygen atoms in total. The summed E-state index contributed by atoms with van der Waals surface area (Å²) in [6, 6.07) is 1.94. The van der Waals surface area contributed by atoms with Crippen LogP contribution in [0.2, 0.25) is 0 Å². The van der Waals surface area contributed by atoms with Crippen LogP contribution in [0, 0.1) is 12.3 Å². The van der Waals surface area contributed by atoms with Gasteiger partial charge < -0.3 is 9.84 Å². The second kappa shape index (κ2) is 4.49. The lowest BCUT2D eigenvalue weighted by Gasteiger charge is -2.27. The van der Waals surface area contributed by atoms with Crippen LogP contribution < -0.4 is 5.32 Å². The lowest BCUT2D eigenvalue weighted by Crippen LogP contribution is -2.30. The number of aryl methyl sites for hydroxylation is 1. The topological polar surface area (TPSA) is 50.4 Å². The highest BCUT2D eigenvalue weighted by molar-refractivity contribution is 8.13.